The van der Waals surface area contributed by atoms with E-state index in [0.717, 1.165) is 42.3 Å². The van der Waals surface area contributed by atoms with Crippen molar-refractivity contribution in [3.63, 3.8) is 0 Å². The minimum atomic E-state index is -0.634. The lowest BCUT2D eigenvalue weighted by Crippen LogP contribution is -2.46. The molecule has 42 heavy (non-hydrogen) atoms. The van der Waals surface area contributed by atoms with Crippen LogP contribution in [0.4, 0.5) is 0 Å². The monoisotopic (exact) mass is 587 g/mol. The van der Waals surface area contributed by atoms with Crippen LogP contribution in [0.5, 0.6) is 5.75 Å². The van der Waals surface area contributed by atoms with E-state index in [2.05, 4.69) is 49.8 Å². The molecule has 1 fully saturated rings. The first-order chi connectivity index (χ1) is 20.4. The Morgan fingerprint density at radius 3 is 2.33 bits per heavy atom. The molecule has 0 bridgehead atoms. The third-order valence-electron chi connectivity index (χ3n) is 6.44. The number of nitriles is 1. The van der Waals surface area contributed by atoms with Gasteiger partial charge in [0.25, 0.3) is 5.91 Å². The molecule has 1 saturated heterocycles. The van der Waals surface area contributed by atoms with Gasteiger partial charge < -0.3 is 25.2 Å². The van der Waals surface area contributed by atoms with Crippen molar-refractivity contribution in [2.24, 2.45) is 5.92 Å². The Morgan fingerprint density at radius 2 is 1.71 bits per heavy atom. The van der Waals surface area contributed by atoms with E-state index in [9.17, 15) is 14.9 Å². The Labute approximate surface area is 257 Å². The van der Waals surface area contributed by atoms with Crippen LogP contribution >= 0.6 is 0 Å². The third kappa shape index (κ3) is 12.2. The number of rotatable bonds is 5. The summed E-state index contributed by atoms with van der Waals surface area (Å²) in [5, 5.41) is 22.6. The van der Waals surface area contributed by atoms with Gasteiger partial charge in [-0.15, -0.1) is 13.2 Å². The lowest BCUT2D eigenvalue weighted by molar-refractivity contribution is -0.134. The fraction of sp³-hybridized carbons (Fsp3) is 0.500. The summed E-state index contributed by atoms with van der Waals surface area (Å²) < 4.78 is 11.2. The highest BCUT2D eigenvalue weighted by Crippen LogP contribution is 2.36. The van der Waals surface area contributed by atoms with Crippen LogP contribution in [0.15, 0.2) is 55.6 Å². The molecule has 2 heterocycles. The van der Waals surface area contributed by atoms with Gasteiger partial charge in [-0.3, -0.25) is 9.59 Å². The summed E-state index contributed by atoms with van der Waals surface area (Å²) in [6.07, 6.45) is 1.03. The van der Waals surface area contributed by atoms with Crippen LogP contribution in [-0.2, 0) is 20.7 Å². The molecule has 2 aromatic rings. The van der Waals surface area contributed by atoms with Crippen LogP contribution in [0.1, 0.15) is 75.7 Å². The van der Waals surface area contributed by atoms with E-state index in [4.69, 9.17) is 14.6 Å². The first kappa shape index (κ1) is 38.5. The third-order valence-corrected chi connectivity index (χ3v) is 6.44. The van der Waals surface area contributed by atoms with Crippen molar-refractivity contribution < 1.29 is 28.4 Å². The summed E-state index contributed by atoms with van der Waals surface area (Å²) in [4.78, 5) is 24.4. The predicted molar refractivity (Wildman–Crippen MR) is 177 cm³/mol. The second-order valence-electron chi connectivity index (χ2n) is 9.34. The molecule has 1 unspecified atom stereocenters. The molecule has 0 aliphatic carbocycles. The van der Waals surface area contributed by atoms with Gasteiger partial charge in [-0.1, -0.05) is 71.9 Å². The maximum Gasteiger partial charge on any atom is 0.311 e. The number of hydrogen-bond donors (Lipinski definition) is 3. The van der Waals surface area contributed by atoms with Gasteiger partial charge in [-0.2, -0.15) is 5.26 Å². The van der Waals surface area contributed by atoms with Crippen LogP contribution in [0, 0.1) is 17.2 Å². The lowest BCUT2D eigenvalue weighted by Gasteiger charge is -2.18. The van der Waals surface area contributed by atoms with Gasteiger partial charge in [0, 0.05) is 37.3 Å². The van der Waals surface area contributed by atoms with Crippen LogP contribution in [0.25, 0.3) is 11.1 Å². The highest BCUT2D eigenvalue weighted by atomic mass is 16.5. The van der Waals surface area contributed by atoms with Crippen LogP contribution < -0.4 is 15.4 Å². The molecule has 0 radical (unpaired) electrons. The highest BCUT2D eigenvalue weighted by molar-refractivity contribution is 5.81. The van der Waals surface area contributed by atoms with Gasteiger partial charge in [-0.05, 0) is 52.6 Å². The molecule has 8 heteroatoms. The Balaban J connectivity index is -0.000000709. The number of amides is 1. The quantitative estimate of drug-likeness (QED) is 0.207. The normalized spacial score (nSPS) is 19.5. The Morgan fingerprint density at radius 1 is 1.10 bits per heavy atom. The van der Waals surface area contributed by atoms with E-state index in [1.807, 2.05) is 64.1 Å². The smallest absolute Gasteiger partial charge is 0.311 e. The van der Waals surface area contributed by atoms with Gasteiger partial charge >= 0.3 is 5.97 Å². The molecular formula is C34H57N3O5. The Bertz CT molecular complexity index is 1110. The minimum Gasteiger partial charge on any atom is -0.426 e. The van der Waals surface area contributed by atoms with Crippen molar-refractivity contribution in [1.29, 1.82) is 5.26 Å². The zero-order valence-corrected chi connectivity index (χ0v) is 26.5. The van der Waals surface area contributed by atoms with Gasteiger partial charge in [0.2, 0.25) is 0 Å². The highest BCUT2D eigenvalue weighted by Gasteiger charge is 2.25. The average molecular weight is 588 g/mol. The van der Waals surface area contributed by atoms with E-state index < -0.39 is 12.1 Å². The van der Waals surface area contributed by atoms with Crippen molar-refractivity contribution in [2.75, 3.05) is 26.8 Å². The summed E-state index contributed by atoms with van der Waals surface area (Å²) in [7, 11) is 1.00. The fourth-order valence-electron chi connectivity index (χ4n) is 4.36. The molecule has 238 valence electrons. The van der Waals surface area contributed by atoms with Gasteiger partial charge in [0.05, 0.1) is 12.7 Å². The second-order valence-corrected chi connectivity index (χ2v) is 9.34. The number of benzene rings is 2. The van der Waals surface area contributed by atoms with Crippen molar-refractivity contribution in [1.82, 2.24) is 10.6 Å². The number of esters is 1. The van der Waals surface area contributed by atoms with Crippen LogP contribution in [0.2, 0.25) is 0 Å². The van der Waals surface area contributed by atoms with Crippen LogP contribution in [-0.4, -0.2) is 55.9 Å². The van der Waals surface area contributed by atoms with Gasteiger partial charge in [-0.25, -0.2) is 0 Å². The van der Waals surface area contributed by atoms with E-state index >= 15 is 0 Å². The summed E-state index contributed by atoms with van der Waals surface area (Å²) >= 11 is 0. The molecule has 0 aromatic heterocycles. The number of aliphatic hydroxyl groups excluding tert-OH is 1. The van der Waals surface area contributed by atoms with E-state index in [-0.39, 0.29) is 22.1 Å². The molecule has 1 amide bonds. The van der Waals surface area contributed by atoms with E-state index in [1.165, 1.54) is 0 Å². The summed E-state index contributed by atoms with van der Waals surface area (Å²) in [6, 6.07) is 15.5. The predicted octanol–water partition coefficient (Wildman–Crippen LogP) is 6.53. The molecule has 3 N–H and O–H groups in total. The van der Waals surface area contributed by atoms with Gasteiger partial charge in [0.1, 0.15) is 17.9 Å². The zero-order valence-electron chi connectivity index (χ0n) is 26.5. The molecule has 0 spiro atoms. The maximum atomic E-state index is 12.6. The Kier molecular flexibility index (Phi) is 20.3. The molecule has 0 saturated carbocycles. The number of ether oxygens (including phenoxy) is 2. The first-order valence-corrected chi connectivity index (χ1v) is 14.8. The molecule has 2 aliphatic rings. The number of carbonyl (C=O) groups is 2. The van der Waals surface area contributed by atoms with E-state index in [0.29, 0.717) is 37.7 Å². The lowest BCUT2D eigenvalue weighted by atomic mass is 9.92. The van der Waals surface area contributed by atoms with Crippen molar-refractivity contribution in [2.45, 2.75) is 78.9 Å². The molecule has 4 rings (SSSR count). The Hall–Kier alpha value is -3.51. The zero-order chi connectivity index (χ0) is 32.1. The number of nitrogens with one attached hydrogen (secondary N) is 2. The number of aliphatic hydroxyl groups is 1. The SMILES string of the molecule is C=C.CC.CC.CC1CCC(=O)Oc2ccc(-c3ccc(C[C@@H](C#N)NC(=O)[C@@H]4CNC[C@@H](C)CO4)cc3)cc21.CO.[HH].[HH].[HH]. The molecule has 4 atom stereocenters. The average Bonchev–Trinajstić information content (AvgIpc) is 3.36. The largest absolute Gasteiger partial charge is 0.426 e. The summed E-state index contributed by atoms with van der Waals surface area (Å²) in [6.45, 7) is 20.0. The number of fused-ring (bicyclic) bond motifs is 1. The van der Waals surface area contributed by atoms with Crippen molar-refractivity contribution >= 4 is 11.9 Å². The molecule has 8 nitrogen and oxygen atoms in total. The number of hydrogen-bond acceptors (Lipinski definition) is 7. The van der Waals surface area contributed by atoms with Gasteiger partial charge in [0.15, 0.2) is 0 Å². The number of carbonyl (C=O) groups excluding carboxylic acids is 2. The second kappa shape index (κ2) is 22.1. The van der Waals surface area contributed by atoms with Crippen molar-refractivity contribution in [3.8, 4) is 22.9 Å². The van der Waals surface area contributed by atoms with Crippen LogP contribution in [0.3, 0.4) is 0 Å². The topological polar surface area (TPSA) is 121 Å². The molecule has 2 aromatic carbocycles. The fourth-order valence-corrected chi connectivity index (χ4v) is 4.36. The minimum absolute atomic E-state index is 0. The molecule has 2 aliphatic heterocycles. The molecular weight excluding hydrogens is 530 g/mol. The van der Waals surface area contributed by atoms with E-state index in [1.54, 1.807) is 0 Å². The first-order valence-electron chi connectivity index (χ1n) is 14.8. The maximum absolute atomic E-state index is 12.6. The summed E-state index contributed by atoms with van der Waals surface area (Å²) in [5.74, 6) is 0.797. The summed E-state index contributed by atoms with van der Waals surface area (Å²) in [5.41, 5.74) is 4.09. The van der Waals surface area contributed by atoms with Crippen molar-refractivity contribution in [3.05, 3.63) is 66.7 Å². The standard InChI is InChI=1S/C27H31N3O4.2C2H6.C2H4.CH4O.3H2/c1-17-14-29-15-25(33-16-17)27(32)30-22(13-28)11-19-4-6-20(7-5-19)21-8-9-24-23(12-21)18(2)3-10-26(31)34-24;4*1-2;;;/h4-9,12,17-18,22,25,29H,3,10-11,14-16H2,1-2H3,(H,30,32);2*1-2H3;1-2H2;2H,1H3;3*1H/t17-,18?,22+,25+;;;;;;;/m1......./s1. The number of nitrogens with zero attached hydrogens (tertiary/aromatic N) is 1.